The number of hydrogen-bond donors (Lipinski definition) is 0. The highest BCUT2D eigenvalue weighted by molar-refractivity contribution is 7.20. The zero-order valence-electron chi connectivity index (χ0n) is 10.5. The highest BCUT2D eigenvalue weighted by atomic mass is 32.1. The van der Waals surface area contributed by atoms with Crippen LogP contribution in [0.5, 0.6) is 5.19 Å². The largest absolute Gasteiger partial charge is 0.469 e. The number of ether oxygens (including phenoxy) is 1. The molecule has 1 fully saturated rings. The lowest BCUT2D eigenvalue weighted by molar-refractivity contribution is 0.183. The first-order chi connectivity index (χ1) is 8.92. The van der Waals surface area contributed by atoms with Gasteiger partial charge in [-0.15, -0.1) is 0 Å². The first-order valence-corrected chi connectivity index (χ1v) is 7.44. The van der Waals surface area contributed by atoms with E-state index in [1.165, 1.54) is 37.1 Å². The van der Waals surface area contributed by atoms with Crippen LogP contribution in [-0.2, 0) is 0 Å². The Labute approximate surface area is 111 Å². The molecule has 0 unspecified atom stereocenters. The number of benzene rings is 1. The number of thiazole rings is 1. The number of piperidine rings is 1. The second kappa shape index (κ2) is 5.67. The van der Waals surface area contributed by atoms with Crippen LogP contribution >= 0.6 is 11.3 Å². The van der Waals surface area contributed by atoms with Gasteiger partial charge in [0.05, 0.1) is 10.2 Å². The smallest absolute Gasteiger partial charge is 0.274 e. The predicted octanol–water partition coefficient (Wildman–Crippen LogP) is 3.16. The average Bonchev–Trinajstić information content (AvgIpc) is 2.82. The lowest BCUT2D eigenvalue weighted by atomic mass is 10.1. The monoisotopic (exact) mass is 262 g/mol. The fourth-order valence-corrected chi connectivity index (χ4v) is 3.20. The Morgan fingerprint density at radius 3 is 2.83 bits per heavy atom. The van der Waals surface area contributed by atoms with Crippen LogP contribution in [0.4, 0.5) is 0 Å². The van der Waals surface area contributed by atoms with E-state index in [9.17, 15) is 0 Å². The molecule has 0 bridgehead atoms. The molecular formula is C14H18N2OS. The SMILES string of the molecule is c1ccc2sc(OCCN3CCCCC3)nc2c1. The van der Waals surface area contributed by atoms with E-state index in [4.69, 9.17) is 4.74 Å². The third-order valence-electron chi connectivity index (χ3n) is 3.36. The summed E-state index contributed by atoms with van der Waals surface area (Å²) in [4.78, 5) is 6.96. The highest BCUT2D eigenvalue weighted by Gasteiger charge is 2.10. The third-order valence-corrected chi connectivity index (χ3v) is 4.30. The zero-order valence-corrected chi connectivity index (χ0v) is 11.3. The maximum absolute atomic E-state index is 5.76. The van der Waals surface area contributed by atoms with Gasteiger partial charge in [0.15, 0.2) is 0 Å². The molecule has 3 rings (SSSR count). The number of hydrogen-bond acceptors (Lipinski definition) is 4. The Morgan fingerprint density at radius 2 is 2.00 bits per heavy atom. The molecule has 2 aromatic rings. The number of aromatic nitrogens is 1. The summed E-state index contributed by atoms with van der Waals surface area (Å²) in [6, 6.07) is 8.17. The lowest BCUT2D eigenvalue weighted by Crippen LogP contribution is -2.33. The fraction of sp³-hybridized carbons (Fsp3) is 0.500. The van der Waals surface area contributed by atoms with Crippen LogP contribution in [0.15, 0.2) is 24.3 Å². The summed E-state index contributed by atoms with van der Waals surface area (Å²) in [5.41, 5.74) is 1.04. The maximum Gasteiger partial charge on any atom is 0.274 e. The Balaban J connectivity index is 1.53. The summed E-state index contributed by atoms with van der Waals surface area (Å²) in [7, 11) is 0. The van der Waals surface area contributed by atoms with Crippen molar-refractivity contribution in [2.45, 2.75) is 19.3 Å². The molecule has 0 spiro atoms. The van der Waals surface area contributed by atoms with Crippen molar-refractivity contribution in [1.82, 2.24) is 9.88 Å². The van der Waals surface area contributed by atoms with Crippen LogP contribution in [0, 0.1) is 0 Å². The van der Waals surface area contributed by atoms with Gasteiger partial charge in [0, 0.05) is 6.54 Å². The highest BCUT2D eigenvalue weighted by Crippen LogP contribution is 2.27. The molecule has 0 amide bonds. The molecule has 0 radical (unpaired) electrons. The molecule has 96 valence electrons. The minimum absolute atomic E-state index is 0.750. The molecule has 0 atom stereocenters. The van der Waals surface area contributed by atoms with E-state index in [1.54, 1.807) is 11.3 Å². The second-order valence-electron chi connectivity index (χ2n) is 4.70. The first kappa shape index (κ1) is 11.9. The van der Waals surface area contributed by atoms with Crippen molar-refractivity contribution >= 4 is 21.6 Å². The molecule has 1 aromatic heterocycles. The van der Waals surface area contributed by atoms with Gasteiger partial charge >= 0.3 is 0 Å². The van der Waals surface area contributed by atoms with E-state index in [0.29, 0.717) is 0 Å². The number of nitrogens with zero attached hydrogens (tertiary/aromatic N) is 2. The Bertz CT molecular complexity index is 472. The molecule has 1 aromatic carbocycles. The topological polar surface area (TPSA) is 25.4 Å². The number of fused-ring (bicyclic) bond motifs is 1. The standard InChI is InChI=1S/C14H18N2OS/c1-4-8-16(9-5-1)10-11-17-14-15-12-6-2-3-7-13(12)18-14/h2-3,6-7H,1,4-5,8-11H2. The quantitative estimate of drug-likeness (QED) is 0.846. The van der Waals surface area contributed by atoms with E-state index in [0.717, 1.165) is 23.9 Å². The van der Waals surface area contributed by atoms with E-state index in [2.05, 4.69) is 16.0 Å². The van der Waals surface area contributed by atoms with Gasteiger partial charge in [0.2, 0.25) is 0 Å². The Kier molecular flexibility index (Phi) is 3.76. The average molecular weight is 262 g/mol. The molecule has 3 nitrogen and oxygen atoms in total. The van der Waals surface area contributed by atoms with Crippen molar-refractivity contribution in [1.29, 1.82) is 0 Å². The molecule has 4 heteroatoms. The molecule has 0 N–H and O–H groups in total. The van der Waals surface area contributed by atoms with E-state index >= 15 is 0 Å². The van der Waals surface area contributed by atoms with Gasteiger partial charge in [0.25, 0.3) is 5.19 Å². The molecule has 1 aliphatic rings. The van der Waals surface area contributed by atoms with Crippen LogP contribution in [0.3, 0.4) is 0 Å². The molecule has 2 heterocycles. The molecule has 0 aliphatic carbocycles. The summed E-state index contributed by atoms with van der Waals surface area (Å²) in [5.74, 6) is 0. The van der Waals surface area contributed by atoms with E-state index in [-0.39, 0.29) is 0 Å². The lowest BCUT2D eigenvalue weighted by Gasteiger charge is -2.25. The van der Waals surface area contributed by atoms with Crippen molar-refractivity contribution in [3.63, 3.8) is 0 Å². The number of rotatable bonds is 4. The Hall–Kier alpha value is -1.13. The molecule has 18 heavy (non-hydrogen) atoms. The third kappa shape index (κ3) is 2.82. The van der Waals surface area contributed by atoms with Gasteiger partial charge in [-0.3, -0.25) is 4.90 Å². The van der Waals surface area contributed by atoms with Crippen LogP contribution in [0.2, 0.25) is 0 Å². The van der Waals surface area contributed by atoms with Gasteiger partial charge < -0.3 is 4.74 Å². The second-order valence-corrected chi connectivity index (χ2v) is 5.69. The molecular weight excluding hydrogens is 244 g/mol. The minimum atomic E-state index is 0.750. The van der Waals surface area contributed by atoms with Gasteiger partial charge in [0.1, 0.15) is 6.61 Å². The summed E-state index contributed by atoms with van der Waals surface area (Å²) in [6.07, 6.45) is 4.05. The van der Waals surface area contributed by atoms with Crippen LogP contribution in [0.1, 0.15) is 19.3 Å². The normalized spacial score (nSPS) is 17.1. The number of likely N-dealkylation sites (tertiary alicyclic amines) is 1. The van der Waals surface area contributed by atoms with Crippen molar-refractivity contribution in [3.8, 4) is 5.19 Å². The predicted molar refractivity (Wildman–Crippen MR) is 75.4 cm³/mol. The number of para-hydroxylation sites is 1. The van der Waals surface area contributed by atoms with E-state index in [1.807, 2.05) is 18.2 Å². The molecule has 1 aliphatic heterocycles. The van der Waals surface area contributed by atoms with Crippen molar-refractivity contribution < 1.29 is 4.74 Å². The van der Waals surface area contributed by atoms with Crippen LogP contribution in [0.25, 0.3) is 10.2 Å². The maximum atomic E-state index is 5.76. The van der Waals surface area contributed by atoms with Gasteiger partial charge in [-0.2, -0.15) is 0 Å². The Morgan fingerprint density at radius 1 is 1.17 bits per heavy atom. The van der Waals surface area contributed by atoms with Crippen LogP contribution in [-0.4, -0.2) is 36.1 Å². The summed E-state index contributed by atoms with van der Waals surface area (Å²) >= 11 is 1.63. The first-order valence-electron chi connectivity index (χ1n) is 6.62. The van der Waals surface area contributed by atoms with Gasteiger partial charge in [-0.05, 0) is 38.1 Å². The molecule has 0 saturated carbocycles. The van der Waals surface area contributed by atoms with Gasteiger partial charge in [-0.1, -0.05) is 29.9 Å². The fourth-order valence-electron chi connectivity index (χ4n) is 2.36. The van der Waals surface area contributed by atoms with Crippen molar-refractivity contribution in [2.75, 3.05) is 26.2 Å². The summed E-state index contributed by atoms with van der Waals surface area (Å²) < 4.78 is 6.96. The van der Waals surface area contributed by atoms with Crippen molar-refractivity contribution in [2.24, 2.45) is 0 Å². The molecule has 1 saturated heterocycles. The summed E-state index contributed by atoms with van der Waals surface area (Å²) in [6.45, 7) is 4.22. The van der Waals surface area contributed by atoms with Gasteiger partial charge in [-0.25, -0.2) is 4.98 Å². The van der Waals surface area contributed by atoms with Crippen LogP contribution < -0.4 is 4.74 Å². The minimum Gasteiger partial charge on any atom is -0.469 e. The summed E-state index contributed by atoms with van der Waals surface area (Å²) in [5, 5.41) is 0.799. The van der Waals surface area contributed by atoms with E-state index < -0.39 is 0 Å². The van der Waals surface area contributed by atoms with Crippen molar-refractivity contribution in [3.05, 3.63) is 24.3 Å². The zero-order chi connectivity index (χ0) is 12.2.